The largest absolute Gasteiger partial charge is 0.456 e. The fourth-order valence-corrected chi connectivity index (χ4v) is 7.00. The number of benzene rings is 7. The van der Waals surface area contributed by atoms with E-state index < -0.39 is 0 Å². The lowest BCUT2D eigenvalue weighted by Crippen LogP contribution is -2.06. The molecule has 0 amide bonds. The van der Waals surface area contributed by atoms with Crippen LogP contribution in [0.3, 0.4) is 0 Å². The third-order valence-electron chi connectivity index (χ3n) is 9.39. The van der Waals surface area contributed by atoms with Crippen molar-refractivity contribution in [2.24, 2.45) is 15.0 Å². The molecule has 51 heavy (non-hydrogen) atoms. The number of hydrogen-bond acceptors (Lipinski definition) is 2. The summed E-state index contributed by atoms with van der Waals surface area (Å²) in [5.41, 5.74) is 10.1. The van der Waals surface area contributed by atoms with Gasteiger partial charge in [-0.15, -0.1) is 0 Å². The van der Waals surface area contributed by atoms with Crippen LogP contribution in [0.25, 0.3) is 60.6 Å². The quantitative estimate of drug-likeness (QED) is 0.130. The summed E-state index contributed by atoms with van der Waals surface area (Å²) in [6, 6.07) is 58.4. The molecule has 9 rings (SSSR count). The van der Waals surface area contributed by atoms with Crippen molar-refractivity contribution < 1.29 is 4.42 Å². The van der Waals surface area contributed by atoms with Crippen LogP contribution in [0.2, 0.25) is 0 Å². The van der Waals surface area contributed by atoms with Crippen LogP contribution in [0.4, 0.5) is 0 Å². The van der Waals surface area contributed by atoms with Crippen molar-refractivity contribution in [3.05, 3.63) is 187 Å². The Balaban J connectivity index is 1.31. The molecule has 9 aromatic rings. The lowest BCUT2D eigenvalue weighted by atomic mass is 10.0. The number of fused-ring (bicyclic) bond motifs is 7. The van der Waals surface area contributed by atoms with E-state index >= 15 is 0 Å². The normalized spacial score (nSPS) is 12.3. The fraction of sp³-hybridized carbons (Fsp3) is 0.0217. The van der Waals surface area contributed by atoms with Gasteiger partial charge < -0.3 is 8.98 Å². The maximum Gasteiger partial charge on any atom is 0.161 e. The van der Waals surface area contributed by atoms with Gasteiger partial charge in [-0.25, -0.2) is 9.98 Å². The van der Waals surface area contributed by atoms with Crippen LogP contribution in [-0.2, 0) is 6.54 Å². The molecule has 0 aliphatic carbocycles. The van der Waals surface area contributed by atoms with Gasteiger partial charge in [0.15, 0.2) is 11.7 Å². The predicted molar refractivity (Wildman–Crippen MR) is 213 cm³/mol. The molecule has 0 atom stereocenters. The van der Waals surface area contributed by atoms with E-state index in [9.17, 15) is 0 Å². The molecule has 2 aromatic heterocycles. The molecule has 0 bridgehead atoms. The first-order valence-electron chi connectivity index (χ1n) is 17.0. The van der Waals surface area contributed by atoms with E-state index in [1.54, 1.807) is 0 Å². The third-order valence-corrected chi connectivity index (χ3v) is 9.39. The number of nitrogens with zero attached hydrogens (tertiary/aromatic N) is 4. The second-order valence-electron chi connectivity index (χ2n) is 12.5. The van der Waals surface area contributed by atoms with Crippen molar-refractivity contribution in [3.8, 4) is 16.8 Å². The zero-order chi connectivity index (χ0) is 34.1. The molecule has 0 aliphatic rings. The molecule has 0 unspecified atom stereocenters. The maximum absolute atomic E-state index is 6.41. The molecule has 0 aliphatic heterocycles. The Hall–Kier alpha value is -6.85. The van der Waals surface area contributed by atoms with E-state index in [1.807, 2.05) is 60.7 Å². The molecule has 0 saturated heterocycles. The second-order valence-corrected chi connectivity index (χ2v) is 12.5. The average molecular weight is 657 g/mol. The third kappa shape index (κ3) is 5.51. The van der Waals surface area contributed by atoms with Crippen molar-refractivity contribution >= 4 is 62.1 Å². The molecule has 0 saturated carbocycles. The van der Waals surface area contributed by atoms with E-state index in [-0.39, 0.29) is 0 Å². The lowest BCUT2D eigenvalue weighted by Gasteiger charge is -2.12. The Morgan fingerprint density at radius 1 is 0.549 bits per heavy atom. The van der Waals surface area contributed by atoms with Crippen molar-refractivity contribution in [3.63, 3.8) is 0 Å². The molecule has 7 aromatic carbocycles. The summed E-state index contributed by atoms with van der Waals surface area (Å²) in [6.07, 6.45) is 0. The highest BCUT2D eigenvalue weighted by Crippen LogP contribution is 2.42. The molecule has 0 fully saturated rings. The van der Waals surface area contributed by atoms with E-state index in [4.69, 9.17) is 14.4 Å². The molecule has 242 valence electrons. The fourth-order valence-electron chi connectivity index (χ4n) is 7.00. The summed E-state index contributed by atoms with van der Waals surface area (Å²) in [5, 5.41) is 4.50. The number of furan rings is 1. The number of aliphatic imine (C=N–C) groups is 3. The monoisotopic (exact) mass is 656 g/mol. The van der Waals surface area contributed by atoms with Gasteiger partial charge in [0.2, 0.25) is 0 Å². The van der Waals surface area contributed by atoms with Crippen LogP contribution in [0.15, 0.2) is 189 Å². The Morgan fingerprint density at radius 2 is 1.25 bits per heavy atom. The van der Waals surface area contributed by atoms with Crippen LogP contribution in [0, 0.1) is 0 Å². The van der Waals surface area contributed by atoms with Gasteiger partial charge in [-0.2, -0.15) is 0 Å². The van der Waals surface area contributed by atoms with Crippen molar-refractivity contribution in [2.75, 3.05) is 0 Å². The Morgan fingerprint density at radius 3 is 2.06 bits per heavy atom. The number of hydrogen-bond donors (Lipinski definition) is 0. The zero-order valence-corrected chi connectivity index (χ0v) is 27.8. The summed E-state index contributed by atoms with van der Waals surface area (Å²) in [4.78, 5) is 14.5. The van der Waals surface area contributed by atoms with Crippen LogP contribution >= 0.6 is 0 Å². The van der Waals surface area contributed by atoms with Crippen LogP contribution in [-0.4, -0.2) is 23.0 Å². The van der Waals surface area contributed by atoms with Gasteiger partial charge in [-0.05, 0) is 59.8 Å². The predicted octanol–water partition coefficient (Wildman–Crippen LogP) is 11.4. The van der Waals surface area contributed by atoms with Gasteiger partial charge in [0.1, 0.15) is 11.2 Å². The van der Waals surface area contributed by atoms with Gasteiger partial charge >= 0.3 is 0 Å². The van der Waals surface area contributed by atoms with Crippen molar-refractivity contribution in [1.29, 1.82) is 0 Å². The minimum Gasteiger partial charge on any atom is -0.456 e. The maximum atomic E-state index is 6.41. The molecule has 5 nitrogen and oxygen atoms in total. The number of rotatable bonds is 6. The molecular weight excluding hydrogens is 625 g/mol. The summed E-state index contributed by atoms with van der Waals surface area (Å²) in [5.74, 6) is 1.10. The molecule has 0 radical (unpaired) electrons. The number of amidine groups is 2. The summed E-state index contributed by atoms with van der Waals surface area (Å²) in [6.45, 7) is 4.33. The summed E-state index contributed by atoms with van der Waals surface area (Å²) >= 11 is 0. The second kappa shape index (κ2) is 12.9. The molecular formula is C46H32N4O. The van der Waals surface area contributed by atoms with E-state index in [1.165, 1.54) is 10.9 Å². The topological polar surface area (TPSA) is 55.1 Å². The van der Waals surface area contributed by atoms with Gasteiger partial charge in [-0.1, -0.05) is 133 Å². The molecule has 0 spiro atoms. The summed E-state index contributed by atoms with van der Waals surface area (Å²) in [7, 11) is 0. The van der Waals surface area contributed by atoms with Crippen LogP contribution < -0.4 is 0 Å². The molecule has 5 heteroatoms. The van der Waals surface area contributed by atoms with Crippen LogP contribution in [0.1, 0.15) is 16.7 Å². The van der Waals surface area contributed by atoms with Gasteiger partial charge in [0.05, 0.1) is 23.0 Å². The molecule has 2 heterocycles. The first-order valence-corrected chi connectivity index (χ1v) is 17.0. The Bertz CT molecular complexity index is 2770. The minimum absolute atomic E-state index is 0.473. The van der Waals surface area contributed by atoms with E-state index in [2.05, 4.69) is 125 Å². The van der Waals surface area contributed by atoms with Gasteiger partial charge in [-0.3, -0.25) is 4.99 Å². The van der Waals surface area contributed by atoms with Crippen LogP contribution in [0.5, 0.6) is 0 Å². The Labute approximate surface area is 295 Å². The SMILES string of the molecule is C=NC(=NC(=NCc1ccccc1)c1cccc(-n2c3cc(-c4ccccc4)ccc3c3ccc4oc5ccccc5c4c32)c1)c1ccccc1. The average Bonchev–Trinajstić information content (AvgIpc) is 3.74. The first-order chi connectivity index (χ1) is 25.2. The van der Waals surface area contributed by atoms with Gasteiger partial charge in [0.25, 0.3) is 0 Å². The smallest absolute Gasteiger partial charge is 0.161 e. The number of aromatic nitrogens is 1. The Kier molecular flexibility index (Phi) is 7.63. The molecule has 0 N–H and O–H groups in total. The van der Waals surface area contributed by atoms with E-state index in [0.29, 0.717) is 18.2 Å². The highest BCUT2D eigenvalue weighted by atomic mass is 16.3. The van der Waals surface area contributed by atoms with E-state index in [0.717, 1.165) is 66.3 Å². The minimum atomic E-state index is 0.473. The summed E-state index contributed by atoms with van der Waals surface area (Å²) < 4.78 is 8.78. The highest BCUT2D eigenvalue weighted by molar-refractivity contribution is 6.25. The van der Waals surface area contributed by atoms with Gasteiger partial charge in [0, 0.05) is 33.0 Å². The highest BCUT2D eigenvalue weighted by Gasteiger charge is 2.20. The van der Waals surface area contributed by atoms with Crippen molar-refractivity contribution in [1.82, 2.24) is 4.57 Å². The van der Waals surface area contributed by atoms with Crippen molar-refractivity contribution in [2.45, 2.75) is 6.54 Å². The first kappa shape index (κ1) is 30.2. The lowest BCUT2D eigenvalue weighted by molar-refractivity contribution is 0.669. The standard InChI is InChI=1S/C46H32N4O/c1-47-45(33-18-9-4-10-19-33)49-46(48-30-31-14-5-2-6-15-31)35-20-13-21-36(28-35)50-40-29-34(32-16-7-3-8-17-32)24-25-37(40)38-26-27-42-43(44(38)50)39-22-11-12-23-41(39)51-42/h2-29H,1,30H2. The number of para-hydroxylation sites is 1. The zero-order valence-electron chi connectivity index (χ0n) is 27.8.